The van der Waals surface area contributed by atoms with Gasteiger partial charge in [0.1, 0.15) is 0 Å². The van der Waals surface area contributed by atoms with Gasteiger partial charge in [0.2, 0.25) is 0 Å². The number of pyridine rings is 1. The molecular weight excluding hydrogens is 435 g/mol. The van der Waals surface area contributed by atoms with E-state index in [1.165, 1.54) is 11.3 Å². The van der Waals surface area contributed by atoms with Gasteiger partial charge in [0.25, 0.3) is 5.91 Å². The summed E-state index contributed by atoms with van der Waals surface area (Å²) in [6, 6.07) is 8.23. The SMILES string of the molecule is O=C(O)C(F)(F)F.O=C(c1cccs1)N1CCC2OCCN(c3cccnc3)C2CC1. The number of hydrogen-bond donors (Lipinski definition) is 1. The van der Waals surface area contributed by atoms with Gasteiger partial charge in [0, 0.05) is 25.8 Å². The lowest BCUT2D eigenvalue weighted by Gasteiger charge is -2.41. The smallest absolute Gasteiger partial charge is 0.475 e. The normalized spacial score (nSPS) is 21.4. The number of anilines is 1. The van der Waals surface area contributed by atoms with E-state index >= 15 is 0 Å². The number of alkyl halides is 3. The second kappa shape index (κ2) is 10.1. The molecule has 2 aliphatic heterocycles. The van der Waals surface area contributed by atoms with E-state index in [1.807, 2.05) is 34.7 Å². The lowest BCUT2D eigenvalue weighted by Crippen LogP contribution is -2.51. The van der Waals surface area contributed by atoms with Crippen molar-refractivity contribution in [3.8, 4) is 0 Å². The Kier molecular flexibility index (Phi) is 7.50. The molecule has 168 valence electrons. The number of carbonyl (C=O) groups excluding carboxylic acids is 1. The zero-order valence-electron chi connectivity index (χ0n) is 16.5. The summed E-state index contributed by atoms with van der Waals surface area (Å²) >= 11 is 1.51. The lowest BCUT2D eigenvalue weighted by atomic mass is 10.0. The number of carbonyl (C=O) groups is 2. The third kappa shape index (κ3) is 5.95. The standard InChI is InChI=1S/C18H21N3O2S.C2HF3O2/c22-18(17-4-2-12-24-17)20-8-5-15-16(6-9-20)23-11-10-21(15)14-3-1-7-19-13-14;3-2(4,5)1(6)7/h1-4,7,12-13,15-16H,5-6,8-11H2;(H,6,7). The highest BCUT2D eigenvalue weighted by Gasteiger charge is 2.38. The molecule has 4 heterocycles. The quantitative estimate of drug-likeness (QED) is 0.745. The number of morpholine rings is 1. The number of carboxylic acids is 1. The van der Waals surface area contributed by atoms with Crippen molar-refractivity contribution in [2.45, 2.75) is 31.2 Å². The number of ether oxygens (including phenoxy) is 1. The number of aliphatic carboxylic acids is 1. The Labute approximate surface area is 181 Å². The molecule has 2 aliphatic rings. The first-order valence-corrected chi connectivity index (χ1v) is 10.6. The van der Waals surface area contributed by atoms with Gasteiger partial charge in [-0.25, -0.2) is 4.79 Å². The Morgan fingerprint density at radius 2 is 1.90 bits per heavy atom. The van der Waals surface area contributed by atoms with Crippen LogP contribution in [0.3, 0.4) is 0 Å². The molecule has 7 nitrogen and oxygen atoms in total. The fourth-order valence-corrected chi connectivity index (χ4v) is 4.37. The molecule has 0 aromatic carbocycles. The van der Waals surface area contributed by atoms with Crippen LogP contribution in [0.25, 0.3) is 0 Å². The van der Waals surface area contributed by atoms with Crippen LogP contribution < -0.4 is 4.90 Å². The molecule has 31 heavy (non-hydrogen) atoms. The Balaban J connectivity index is 0.000000339. The summed E-state index contributed by atoms with van der Waals surface area (Å²) < 4.78 is 37.8. The number of rotatable bonds is 2. The summed E-state index contributed by atoms with van der Waals surface area (Å²) in [7, 11) is 0. The van der Waals surface area contributed by atoms with Gasteiger partial charge >= 0.3 is 12.1 Å². The van der Waals surface area contributed by atoms with Gasteiger partial charge in [-0.05, 0) is 36.4 Å². The predicted octanol–water partition coefficient (Wildman–Crippen LogP) is 3.29. The first-order chi connectivity index (χ1) is 14.8. The largest absolute Gasteiger partial charge is 0.490 e. The zero-order chi connectivity index (χ0) is 22.4. The molecule has 2 aromatic rings. The van der Waals surface area contributed by atoms with Crippen LogP contribution in [-0.2, 0) is 9.53 Å². The molecule has 0 spiro atoms. The molecule has 1 N–H and O–H groups in total. The van der Waals surface area contributed by atoms with Crippen LogP contribution in [0.1, 0.15) is 22.5 Å². The van der Waals surface area contributed by atoms with Crippen molar-refractivity contribution in [2.24, 2.45) is 0 Å². The number of hydrogen-bond acceptors (Lipinski definition) is 6. The average molecular weight is 457 g/mol. The van der Waals surface area contributed by atoms with Gasteiger partial charge in [-0.3, -0.25) is 9.78 Å². The van der Waals surface area contributed by atoms with Crippen molar-refractivity contribution >= 4 is 28.9 Å². The number of fused-ring (bicyclic) bond motifs is 1. The van der Waals surface area contributed by atoms with Gasteiger partial charge in [-0.1, -0.05) is 6.07 Å². The summed E-state index contributed by atoms with van der Waals surface area (Å²) in [5.74, 6) is -2.61. The summed E-state index contributed by atoms with van der Waals surface area (Å²) in [6.45, 7) is 3.15. The van der Waals surface area contributed by atoms with E-state index in [9.17, 15) is 18.0 Å². The van der Waals surface area contributed by atoms with E-state index < -0.39 is 12.1 Å². The highest BCUT2D eigenvalue weighted by molar-refractivity contribution is 7.12. The van der Waals surface area contributed by atoms with Crippen LogP contribution >= 0.6 is 11.3 Å². The molecule has 0 aliphatic carbocycles. The molecule has 2 unspecified atom stereocenters. The van der Waals surface area contributed by atoms with Gasteiger partial charge in [-0.2, -0.15) is 13.2 Å². The number of nitrogens with zero attached hydrogens (tertiary/aromatic N) is 3. The minimum Gasteiger partial charge on any atom is -0.475 e. The molecular formula is C20H22F3N3O4S. The number of halogens is 3. The highest BCUT2D eigenvalue weighted by Crippen LogP contribution is 2.28. The maximum atomic E-state index is 12.6. The minimum absolute atomic E-state index is 0.150. The van der Waals surface area contributed by atoms with Crippen molar-refractivity contribution in [1.29, 1.82) is 0 Å². The monoisotopic (exact) mass is 457 g/mol. The van der Waals surface area contributed by atoms with E-state index in [0.29, 0.717) is 6.04 Å². The number of thiophene rings is 1. The molecule has 4 rings (SSSR count). The molecule has 2 aromatic heterocycles. The Morgan fingerprint density at radius 3 is 2.52 bits per heavy atom. The second-order valence-electron chi connectivity index (χ2n) is 7.03. The van der Waals surface area contributed by atoms with E-state index in [0.717, 1.165) is 49.6 Å². The van der Waals surface area contributed by atoms with E-state index in [-0.39, 0.29) is 12.0 Å². The van der Waals surface area contributed by atoms with Gasteiger partial charge in [-0.15, -0.1) is 11.3 Å². The Hall–Kier alpha value is -2.66. The van der Waals surface area contributed by atoms with Gasteiger partial charge < -0.3 is 19.6 Å². The van der Waals surface area contributed by atoms with Gasteiger partial charge in [0.15, 0.2) is 0 Å². The highest BCUT2D eigenvalue weighted by atomic mass is 32.1. The van der Waals surface area contributed by atoms with Crippen LogP contribution in [0, 0.1) is 0 Å². The lowest BCUT2D eigenvalue weighted by molar-refractivity contribution is -0.192. The summed E-state index contributed by atoms with van der Waals surface area (Å²) in [6.07, 6.45) is 0.632. The van der Waals surface area contributed by atoms with Crippen molar-refractivity contribution in [3.63, 3.8) is 0 Å². The number of aromatic nitrogens is 1. The minimum atomic E-state index is -5.08. The first-order valence-electron chi connectivity index (χ1n) is 9.68. The Morgan fingerprint density at radius 1 is 1.16 bits per heavy atom. The Bertz CT molecular complexity index is 864. The molecule has 0 bridgehead atoms. The number of likely N-dealkylation sites (tertiary alicyclic amines) is 1. The maximum absolute atomic E-state index is 12.6. The predicted molar refractivity (Wildman–Crippen MR) is 108 cm³/mol. The third-order valence-electron chi connectivity index (χ3n) is 5.11. The number of amides is 1. The fraction of sp³-hybridized carbons (Fsp3) is 0.450. The summed E-state index contributed by atoms with van der Waals surface area (Å²) in [4.78, 5) is 31.0. The average Bonchev–Trinajstić information content (AvgIpc) is 3.20. The van der Waals surface area contributed by atoms with E-state index in [4.69, 9.17) is 14.6 Å². The van der Waals surface area contributed by atoms with Gasteiger partial charge in [0.05, 0.1) is 35.5 Å². The molecule has 1 amide bonds. The summed E-state index contributed by atoms with van der Waals surface area (Å²) in [5, 5.41) is 9.08. The zero-order valence-corrected chi connectivity index (χ0v) is 17.3. The second-order valence-corrected chi connectivity index (χ2v) is 7.98. The molecule has 2 fully saturated rings. The maximum Gasteiger partial charge on any atom is 0.490 e. The number of carboxylic acid groups (broad SMARTS) is 1. The van der Waals surface area contributed by atoms with Crippen molar-refractivity contribution < 1.29 is 32.6 Å². The van der Waals surface area contributed by atoms with Crippen molar-refractivity contribution in [3.05, 3.63) is 46.9 Å². The van der Waals surface area contributed by atoms with Crippen molar-refractivity contribution in [2.75, 3.05) is 31.1 Å². The van der Waals surface area contributed by atoms with Crippen LogP contribution in [0.5, 0.6) is 0 Å². The molecule has 0 radical (unpaired) electrons. The van der Waals surface area contributed by atoms with Crippen LogP contribution in [0.4, 0.5) is 18.9 Å². The molecule has 2 saturated heterocycles. The van der Waals surface area contributed by atoms with Crippen LogP contribution in [-0.4, -0.2) is 71.4 Å². The fourth-order valence-electron chi connectivity index (χ4n) is 3.68. The summed E-state index contributed by atoms with van der Waals surface area (Å²) in [5.41, 5.74) is 1.15. The van der Waals surface area contributed by atoms with E-state index in [2.05, 4.69) is 16.0 Å². The van der Waals surface area contributed by atoms with E-state index in [1.54, 1.807) is 6.20 Å². The van der Waals surface area contributed by atoms with Crippen LogP contribution in [0.15, 0.2) is 42.0 Å². The first kappa shape index (κ1) is 23.0. The topological polar surface area (TPSA) is 83.0 Å². The van der Waals surface area contributed by atoms with Crippen LogP contribution in [0.2, 0.25) is 0 Å². The molecule has 0 saturated carbocycles. The van der Waals surface area contributed by atoms with Crippen molar-refractivity contribution in [1.82, 2.24) is 9.88 Å². The molecule has 2 atom stereocenters. The molecule has 11 heteroatoms. The third-order valence-corrected chi connectivity index (χ3v) is 5.97.